The third-order valence-electron chi connectivity index (χ3n) is 4.71. The lowest BCUT2D eigenvalue weighted by atomic mass is 9.89. The highest BCUT2D eigenvalue weighted by molar-refractivity contribution is 5.79. The normalized spacial score (nSPS) is 20.3. The molecule has 2 N–H and O–H groups in total. The van der Waals surface area contributed by atoms with Gasteiger partial charge in [-0.25, -0.2) is 0 Å². The monoisotopic (exact) mass is 309 g/mol. The standard InChI is InChI=1S/C20H23NO2/c22-18-10-4-8-16(13-18)14-21-20(23)19-11-5-9-17(19)12-15-6-2-1-3-7-15/h1-4,6-8,10,13,17,19,22H,5,9,11-12,14H2,(H,21,23). The predicted octanol–water partition coefficient (Wildman–Crippen LogP) is 3.67. The number of hydrogen-bond acceptors (Lipinski definition) is 2. The molecule has 3 heteroatoms. The lowest BCUT2D eigenvalue weighted by molar-refractivity contribution is -0.126. The summed E-state index contributed by atoms with van der Waals surface area (Å²) in [6.07, 6.45) is 4.20. The van der Waals surface area contributed by atoms with E-state index in [1.54, 1.807) is 18.2 Å². The Balaban J connectivity index is 1.57. The minimum atomic E-state index is 0.104. The van der Waals surface area contributed by atoms with Crippen LogP contribution < -0.4 is 5.32 Å². The molecule has 2 aromatic carbocycles. The molecule has 3 nitrogen and oxygen atoms in total. The van der Waals surface area contributed by atoms with Crippen LogP contribution in [-0.4, -0.2) is 11.0 Å². The molecule has 0 aromatic heterocycles. The summed E-state index contributed by atoms with van der Waals surface area (Å²) in [6, 6.07) is 17.5. The van der Waals surface area contributed by atoms with E-state index in [2.05, 4.69) is 29.6 Å². The molecular formula is C20H23NO2. The highest BCUT2D eigenvalue weighted by atomic mass is 16.3. The van der Waals surface area contributed by atoms with Crippen LogP contribution >= 0.6 is 0 Å². The van der Waals surface area contributed by atoms with Crippen LogP contribution in [0.25, 0.3) is 0 Å². The summed E-state index contributed by atoms with van der Waals surface area (Å²) in [5, 5.41) is 12.5. The van der Waals surface area contributed by atoms with E-state index < -0.39 is 0 Å². The van der Waals surface area contributed by atoms with E-state index in [4.69, 9.17) is 0 Å². The van der Waals surface area contributed by atoms with Crippen LogP contribution in [0.5, 0.6) is 5.75 Å². The van der Waals surface area contributed by atoms with Gasteiger partial charge in [0.2, 0.25) is 5.91 Å². The molecule has 1 aliphatic rings. The molecule has 1 amide bonds. The van der Waals surface area contributed by atoms with Crippen LogP contribution in [0.1, 0.15) is 30.4 Å². The second-order valence-electron chi connectivity index (χ2n) is 6.37. The van der Waals surface area contributed by atoms with Crippen molar-refractivity contribution in [2.24, 2.45) is 11.8 Å². The maximum atomic E-state index is 12.5. The Hall–Kier alpha value is -2.29. The van der Waals surface area contributed by atoms with E-state index in [-0.39, 0.29) is 17.6 Å². The summed E-state index contributed by atoms with van der Waals surface area (Å²) in [5.74, 6) is 0.917. The molecule has 1 fully saturated rings. The average molecular weight is 309 g/mol. The van der Waals surface area contributed by atoms with E-state index in [0.29, 0.717) is 12.5 Å². The van der Waals surface area contributed by atoms with Crippen LogP contribution in [-0.2, 0) is 17.8 Å². The van der Waals surface area contributed by atoms with Crippen molar-refractivity contribution in [3.63, 3.8) is 0 Å². The molecule has 2 aromatic rings. The highest BCUT2D eigenvalue weighted by Gasteiger charge is 2.32. The molecule has 3 rings (SSSR count). The summed E-state index contributed by atoms with van der Waals surface area (Å²) in [5.41, 5.74) is 2.24. The second kappa shape index (κ2) is 7.32. The first-order valence-corrected chi connectivity index (χ1v) is 8.32. The third-order valence-corrected chi connectivity index (χ3v) is 4.71. The van der Waals surface area contributed by atoms with Gasteiger partial charge in [-0.05, 0) is 48.4 Å². The van der Waals surface area contributed by atoms with Crippen molar-refractivity contribution in [1.82, 2.24) is 5.32 Å². The Morgan fingerprint density at radius 2 is 1.83 bits per heavy atom. The van der Waals surface area contributed by atoms with Gasteiger partial charge in [0.1, 0.15) is 5.75 Å². The number of carbonyl (C=O) groups is 1. The van der Waals surface area contributed by atoms with E-state index in [9.17, 15) is 9.90 Å². The zero-order valence-corrected chi connectivity index (χ0v) is 13.2. The van der Waals surface area contributed by atoms with Crippen LogP contribution in [0.4, 0.5) is 0 Å². The van der Waals surface area contributed by atoms with Crippen molar-refractivity contribution in [1.29, 1.82) is 0 Å². The minimum absolute atomic E-state index is 0.104. The molecule has 0 saturated heterocycles. The summed E-state index contributed by atoms with van der Waals surface area (Å²) >= 11 is 0. The first kappa shape index (κ1) is 15.6. The molecule has 1 aliphatic carbocycles. The maximum Gasteiger partial charge on any atom is 0.223 e. The van der Waals surface area contributed by atoms with Gasteiger partial charge in [-0.3, -0.25) is 4.79 Å². The SMILES string of the molecule is O=C(NCc1cccc(O)c1)C1CCCC1Cc1ccccc1. The van der Waals surface area contributed by atoms with Gasteiger partial charge >= 0.3 is 0 Å². The average Bonchev–Trinajstić information content (AvgIpc) is 3.02. The number of rotatable bonds is 5. The number of carbonyl (C=O) groups excluding carboxylic acids is 1. The van der Waals surface area contributed by atoms with E-state index >= 15 is 0 Å². The Labute approximate surface area is 137 Å². The molecule has 0 radical (unpaired) electrons. The van der Waals surface area contributed by atoms with Gasteiger partial charge in [-0.2, -0.15) is 0 Å². The Kier molecular flexibility index (Phi) is 4.96. The molecule has 0 spiro atoms. The van der Waals surface area contributed by atoms with Gasteiger partial charge in [0.15, 0.2) is 0 Å². The summed E-state index contributed by atoms with van der Waals surface area (Å²) in [4.78, 5) is 12.5. The largest absolute Gasteiger partial charge is 0.508 e. The molecule has 0 bridgehead atoms. The summed E-state index contributed by atoms with van der Waals surface area (Å²) < 4.78 is 0. The number of phenols is 1. The van der Waals surface area contributed by atoms with E-state index in [1.807, 2.05) is 12.1 Å². The van der Waals surface area contributed by atoms with Gasteiger partial charge in [0, 0.05) is 12.5 Å². The van der Waals surface area contributed by atoms with Gasteiger partial charge in [-0.1, -0.05) is 48.9 Å². The van der Waals surface area contributed by atoms with Crippen molar-refractivity contribution >= 4 is 5.91 Å². The fourth-order valence-electron chi connectivity index (χ4n) is 3.53. The van der Waals surface area contributed by atoms with Crippen LogP contribution in [0.3, 0.4) is 0 Å². The molecule has 0 heterocycles. The number of hydrogen-bond donors (Lipinski definition) is 2. The second-order valence-corrected chi connectivity index (χ2v) is 6.37. The summed E-state index contributed by atoms with van der Waals surface area (Å²) in [7, 11) is 0. The van der Waals surface area contributed by atoms with Gasteiger partial charge in [0.05, 0.1) is 0 Å². The quantitative estimate of drug-likeness (QED) is 0.885. The number of benzene rings is 2. The van der Waals surface area contributed by atoms with Crippen LogP contribution in [0.15, 0.2) is 54.6 Å². The van der Waals surface area contributed by atoms with Gasteiger partial charge < -0.3 is 10.4 Å². The number of phenolic OH excluding ortho intramolecular Hbond substituents is 1. The molecule has 120 valence electrons. The molecular weight excluding hydrogens is 286 g/mol. The Morgan fingerprint density at radius 1 is 1.04 bits per heavy atom. The number of amides is 1. The van der Waals surface area contributed by atoms with Crippen molar-refractivity contribution in [2.45, 2.75) is 32.2 Å². The molecule has 1 saturated carbocycles. The van der Waals surface area contributed by atoms with Gasteiger partial charge in [-0.15, -0.1) is 0 Å². The molecule has 2 atom stereocenters. The fraction of sp³-hybridized carbons (Fsp3) is 0.350. The number of aromatic hydroxyl groups is 1. The van der Waals surface area contributed by atoms with Crippen LogP contribution in [0, 0.1) is 11.8 Å². The molecule has 0 aliphatic heterocycles. The molecule has 23 heavy (non-hydrogen) atoms. The van der Waals surface area contributed by atoms with Crippen molar-refractivity contribution < 1.29 is 9.90 Å². The lowest BCUT2D eigenvalue weighted by Gasteiger charge is -2.19. The minimum Gasteiger partial charge on any atom is -0.508 e. The fourth-order valence-corrected chi connectivity index (χ4v) is 3.53. The van der Waals surface area contributed by atoms with E-state index in [0.717, 1.165) is 31.2 Å². The smallest absolute Gasteiger partial charge is 0.223 e. The predicted molar refractivity (Wildman–Crippen MR) is 90.9 cm³/mol. The third kappa shape index (κ3) is 4.13. The maximum absolute atomic E-state index is 12.5. The van der Waals surface area contributed by atoms with Crippen LogP contribution in [0.2, 0.25) is 0 Å². The van der Waals surface area contributed by atoms with E-state index in [1.165, 1.54) is 5.56 Å². The lowest BCUT2D eigenvalue weighted by Crippen LogP contribution is -2.32. The Bertz CT molecular complexity index is 654. The zero-order chi connectivity index (χ0) is 16.1. The topological polar surface area (TPSA) is 49.3 Å². The highest BCUT2D eigenvalue weighted by Crippen LogP contribution is 2.34. The first-order valence-electron chi connectivity index (χ1n) is 8.32. The van der Waals surface area contributed by atoms with Crippen molar-refractivity contribution in [2.75, 3.05) is 0 Å². The molecule has 2 unspecified atom stereocenters. The first-order chi connectivity index (χ1) is 11.2. The Morgan fingerprint density at radius 3 is 2.61 bits per heavy atom. The zero-order valence-electron chi connectivity index (χ0n) is 13.2. The summed E-state index contributed by atoms with van der Waals surface area (Å²) in [6.45, 7) is 0.474. The van der Waals surface area contributed by atoms with Crippen molar-refractivity contribution in [3.8, 4) is 5.75 Å². The van der Waals surface area contributed by atoms with Crippen molar-refractivity contribution in [3.05, 3.63) is 65.7 Å². The van der Waals surface area contributed by atoms with Gasteiger partial charge in [0.25, 0.3) is 0 Å². The number of nitrogens with one attached hydrogen (secondary N) is 1.